The average Bonchev–Trinajstić information content (AvgIpc) is 2.66. The number of Topliss-reactive ketones (excluding diaryl/α,β-unsaturated/α-hetero) is 1. The van der Waals surface area contributed by atoms with Crippen molar-refractivity contribution in [2.24, 2.45) is 0 Å². The van der Waals surface area contributed by atoms with Gasteiger partial charge >= 0.3 is 0 Å². The Morgan fingerprint density at radius 2 is 1.70 bits per heavy atom. The minimum absolute atomic E-state index is 0.0905. The number of ether oxygens (including phenoxy) is 1. The van der Waals surface area contributed by atoms with Gasteiger partial charge in [-0.25, -0.2) is 0 Å². The zero-order chi connectivity index (χ0) is 20.0. The predicted molar refractivity (Wildman–Crippen MR) is 113 cm³/mol. The fraction of sp³-hybridized carbons (Fsp3) is 0.227. The van der Waals surface area contributed by atoms with Crippen molar-refractivity contribution in [3.05, 3.63) is 69.7 Å². The van der Waals surface area contributed by atoms with Gasteiger partial charge in [0.25, 0.3) is 0 Å². The van der Waals surface area contributed by atoms with Crippen LogP contribution >= 0.6 is 23.2 Å². The van der Waals surface area contributed by atoms with E-state index in [2.05, 4.69) is 50.2 Å². The zero-order valence-corrected chi connectivity index (χ0v) is 17.1. The molecule has 3 aromatic rings. The van der Waals surface area contributed by atoms with Gasteiger partial charge in [-0.15, -0.1) is 0 Å². The minimum Gasteiger partial charge on any atom is -0.505 e. The van der Waals surface area contributed by atoms with Crippen molar-refractivity contribution in [3.63, 3.8) is 0 Å². The third-order valence-electron chi connectivity index (χ3n) is 4.03. The highest BCUT2D eigenvalue weighted by Crippen LogP contribution is 2.32. The summed E-state index contributed by atoms with van der Waals surface area (Å²) in [5, 5.41) is 11.9. The molecule has 0 saturated heterocycles. The van der Waals surface area contributed by atoms with E-state index in [1.165, 1.54) is 35.4 Å². The van der Waals surface area contributed by atoms with Crippen LogP contribution < -0.4 is 4.74 Å². The van der Waals surface area contributed by atoms with E-state index in [1.807, 2.05) is 0 Å². The number of rotatable bonds is 4. The number of fused-ring (bicyclic) bond motifs is 1. The molecule has 27 heavy (non-hydrogen) atoms. The lowest BCUT2D eigenvalue weighted by Gasteiger charge is -2.10. The first kappa shape index (κ1) is 21.1. The molecule has 0 aliphatic heterocycles. The molecule has 142 valence electrons. The molecule has 1 N–H and O–H groups in total. The van der Waals surface area contributed by atoms with Crippen LogP contribution in [0.4, 0.5) is 0 Å². The molecule has 0 unspecified atom stereocenters. The summed E-state index contributed by atoms with van der Waals surface area (Å²) < 4.78 is 5.69. The number of aryl methyl sites for hydroxylation is 1. The van der Waals surface area contributed by atoms with E-state index in [4.69, 9.17) is 33.0 Å². The summed E-state index contributed by atoms with van der Waals surface area (Å²) in [4.78, 5) is 10.9. The number of carbonyl (C=O) groups excluding carboxylic acids is 1. The van der Waals surface area contributed by atoms with Crippen LogP contribution in [-0.4, -0.2) is 17.5 Å². The van der Waals surface area contributed by atoms with Crippen molar-refractivity contribution in [2.75, 3.05) is 6.61 Å². The van der Waals surface area contributed by atoms with Gasteiger partial charge < -0.3 is 9.84 Å². The first-order valence-corrected chi connectivity index (χ1v) is 9.40. The zero-order valence-electron chi connectivity index (χ0n) is 15.6. The summed E-state index contributed by atoms with van der Waals surface area (Å²) in [5.41, 5.74) is 1.63. The van der Waals surface area contributed by atoms with Crippen molar-refractivity contribution in [1.82, 2.24) is 0 Å². The first-order chi connectivity index (χ1) is 12.8. The summed E-state index contributed by atoms with van der Waals surface area (Å²) in [5.74, 6) is 0.678. The van der Waals surface area contributed by atoms with Crippen LogP contribution in [0.1, 0.15) is 36.2 Å². The van der Waals surface area contributed by atoms with Crippen LogP contribution in [0.3, 0.4) is 0 Å². The van der Waals surface area contributed by atoms with Gasteiger partial charge in [0, 0.05) is 5.56 Å². The second kappa shape index (κ2) is 9.63. The maximum atomic E-state index is 10.9. The number of phenols is 1. The second-order valence-corrected chi connectivity index (χ2v) is 6.92. The van der Waals surface area contributed by atoms with E-state index in [9.17, 15) is 4.79 Å². The Morgan fingerprint density at radius 1 is 1.07 bits per heavy atom. The molecule has 0 aliphatic carbocycles. The monoisotopic (exact) mass is 404 g/mol. The fourth-order valence-corrected chi connectivity index (χ4v) is 3.03. The number of ketones is 1. The first-order valence-electron chi connectivity index (χ1n) is 8.65. The molecule has 0 radical (unpaired) electrons. The molecule has 5 heteroatoms. The number of hydrogen-bond acceptors (Lipinski definition) is 3. The van der Waals surface area contributed by atoms with Gasteiger partial charge in [0.15, 0.2) is 11.5 Å². The van der Waals surface area contributed by atoms with Crippen molar-refractivity contribution in [3.8, 4) is 11.5 Å². The smallest absolute Gasteiger partial charge is 0.159 e. The van der Waals surface area contributed by atoms with E-state index < -0.39 is 0 Å². The van der Waals surface area contributed by atoms with Gasteiger partial charge in [0.1, 0.15) is 5.75 Å². The number of benzene rings is 3. The van der Waals surface area contributed by atoms with Crippen LogP contribution in [0, 0.1) is 6.92 Å². The van der Waals surface area contributed by atoms with E-state index >= 15 is 0 Å². The maximum absolute atomic E-state index is 10.9. The average molecular weight is 405 g/mol. The third-order valence-corrected chi connectivity index (χ3v) is 4.61. The van der Waals surface area contributed by atoms with Crippen molar-refractivity contribution in [2.45, 2.75) is 27.2 Å². The van der Waals surface area contributed by atoms with Crippen LogP contribution in [0.25, 0.3) is 10.8 Å². The van der Waals surface area contributed by atoms with Crippen LogP contribution in [0.5, 0.6) is 11.5 Å². The summed E-state index contributed by atoms with van der Waals surface area (Å²) >= 11 is 11.2. The van der Waals surface area contributed by atoms with Gasteiger partial charge in [0.2, 0.25) is 0 Å². The standard InChI is InChI=1S/C14H16O.C8H6Cl2O2/c1-3-10-15-14-9-8-12-6-4-5-7-13(12)11(14)2;1-4(11)5-2-6(9)8(12)7(10)3-5/h4-9H,3,10H2,1-2H3;2-3,12H,1H3. The van der Waals surface area contributed by atoms with Crippen LogP contribution in [-0.2, 0) is 0 Å². The summed E-state index contributed by atoms with van der Waals surface area (Å²) in [6, 6.07) is 15.3. The largest absolute Gasteiger partial charge is 0.505 e. The van der Waals surface area contributed by atoms with Gasteiger partial charge in [-0.3, -0.25) is 4.79 Å². The molecule has 0 heterocycles. The predicted octanol–water partition coefficient (Wildman–Crippen LogP) is 6.84. The molecular weight excluding hydrogens is 383 g/mol. The van der Waals surface area contributed by atoms with Gasteiger partial charge in [-0.05, 0) is 54.8 Å². The number of phenolic OH excluding ortho intramolecular Hbond substituents is 1. The number of carbonyl (C=O) groups is 1. The highest BCUT2D eigenvalue weighted by molar-refractivity contribution is 6.37. The quantitative estimate of drug-likeness (QED) is 0.484. The molecule has 0 atom stereocenters. The SMILES string of the molecule is CC(=O)c1cc(Cl)c(O)c(Cl)c1.CCCOc1ccc2ccccc2c1C. The fourth-order valence-electron chi connectivity index (χ4n) is 2.54. The second-order valence-electron chi connectivity index (χ2n) is 6.10. The molecule has 0 bridgehead atoms. The molecule has 3 aromatic carbocycles. The highest BCUT2D eigenvalue weighted by atomic mass is 35.5. The molecule has 0 saturated carbocycles. The van der Waals surface area contributed by atoms with Crippen molar-refractivity contribution in [1.29, 1.82) is 0 Å². The van der Waals surface area contributed by atoms with Crippen molar-refractivity contribution >= 4 is 39.8 Å². The highest BCUT2D eigenvalue weighted by Gasteiger charge is 2.08. The summed E-state index contributed by atoms with van der Waals surface area (Å²) in [6.07, 6.45) is 1.05. The van der Waals surface area contributed by atoms with Gasteiger partial charge in [-0.1, -0.05) is 60.5 Å². The third kappa shape index (κ3) is 5.38. The molecule has 0 fully saturated rings. The Bertz CT molecular complexity index is 928. The topological polar surface area (TPSA) is 46.5 Å². The molecular formula is C22H22Cl2O3. The van der Waals surface area contributed by atoms with E-state index in [1.54, 1.807) is 0 Å². The number of aromatic hydroxyl groups is 1. The molecule has 0 amide bonds. The Kier molecular flexibility index (Phi) is 7.52. The molecule has 3 nitrogen and oxygen atoms in total. The number of halogens is 2. The Morgan fingerprint density at radius 3 is 2.30 bits per heavy atom. The van der Waals surface area contributed by atoms with E-state index in [0.717, 1.165) is 18.8 Å². The number of hydrogen-bond donors (Lipinski definition) is 1. The lowest BCUT2D eigenvalue weighted by Crippen LogP contribution is -1.97. The molecule has 0 aromatic heterocycles. The van der Waals surface area contributed by atoms with Gasteiger partial charge in [-0.2, -0.15) is 0 Å². The molecule has 3 rings (SSSR count). The lowest BCUT2D eigenvalue weighted by molar-refractivity contribution is 0.101. The lowest BCUT2D eigenvalue weighted by atomic mass is 10.0. The minimum atomic E-state index is -0.191. The molecule has 0 aliphatic rings. The summed E-state index contributed by atoms with van der Waals surface area (Å²) in [7, 11) is 0. The Labute approximate surface area is 169 Å². The van der Waals surface area contributed by atoms with Crippen LogP contribution in [0.2, 0.25) is 10.0 Å². The molecule has 0 spiro atoms. The Hall–Kier alpha value is -2.23. The normalized spacial score (nSPS) is 10.3. The maximum Gasteiger partial charge on any atom is 0.159 e. The van der Waals surface area contributed by atoms with E-state index in [-0.39, 0.29) is 21.6 Å². The van der Waals surface area contributed by atoms with Crippen LogP contribution in [0.15, 0.2) is 48.5 Å². The van der Waals surface area contributed by atoms with Crippen molar-refractivity contribution < 1.29 is 14.6 Å². The van der Waals surface area contributed by atoms with Gasteiger partial charge in [0.05, 0.1) is 16.7 Å². The Balaban J connectivity index is 0.000000199. The summed E-state index contributed by atoms with van der Waals surface area (Å²) in [6.45, 7) is 6.43. The van der Waals surface area contributed by atoms with E-state index in [0.29, 0.717) is 5.56 Å².